The van der Waals surface area contributed by atoms with E-state index in [4.69, 9.17) is 16.3 Å². The summed E-state index contributed by atoms with van der Waals surface area (Å²) in [6.45, 7) is 2.27. The monoisotopic (exact) mass is 463 g/mol. The lowest BCUT2D eigenvalue weighted by molar-refractivity contribution is 0.0642. The number of ether oxygens (including phenoxy) is 1. The number of carbonyl (C=O) groups is 1. The average molecular weight is 465 g/mol. The molecule has 1 saturated carbocycles. The number of nitrogens with one attached hydrogen (secondary N) is 2. The Morgan fingerprint density at radius 3 is 2.71 bits per heavy atom. The van der Waals surface area contributed by atoms with E-state index in [9.17, 15) is 4.79 Å². The molecular formula is C21H23BrClN3O2. The number of carbonyl (C=O) groups excluding carboxylic acids is 1. The molecule has 0 radical (unpaired) electrons. The minimum absolute atomic E-state index is 0.0277. The summed E-state index contributed by atoms with van der Waals surface area (Å²) in [5.41, 5.74) is 2.65. The fourth-order valence-electron chi connectivity index (χ4n) is 3.47. The molecule has 148 valence electrons. The van der Waals surface area contributed by atoms with Gasteiger partial charge in [-0.25, -0.2) is 4.98 Å². The van der Waals surface area contributed by atoms with Gasteiger partial charge < -0.3 is 15.4 Å². The maximum Gasteiger partial charge on any atom is 0.253 e. The van der Waals surface area contributed by atoms with Crippen LogP contribution in [0, 0.1) is 5.92 Å². The number of benzene rings is 1. The first kappa shape index (κ1) is 19.7. The Morgan fingerprint density at radius 1 is 1.21 bits per heavy atom. The van der Waals surface area contributed by atoms with Gasteiger partial charge in [0.2, 0.25) is 0 Å². The molecule has 28 heavy (non-hydrogen) atoms. The molecule has 1 amide bonds. The maximum atomic E-state index is 12.8. The zero-order valence-electron chi connectivity index (χ0n) is 15.5. The number of nitrogens with zero attached hydrogens (tertiary/aromatic N) is 1. The van der Waals surface area contributed by atoms with Crippen LogP contribution in [0.3, 0.4) is 0 Å². The summed E-state index contributed by atoms with van der Waals surface area (Å²) in [5, 5.41) is 7.08. The topological polar surface area (TPSA) is 63.2 Å². The largest absolute Gasteiger partial charge is 0.381 e. The van der Waals surface area contributed by atoms with Crippen molar-refractivity contribution in [1.82, 2.24) is 10.3 Å². The van der Waals surface area contributed by atoms with E-state index in [0.29, 0.717) is 29.0 Å². The van der Waals surface area contributed by atoms with Crippen LogP contribution >= 0.6 is 27.5 Å². The first-order chi connectivity index (χ1) is 13.6. The lowest BCUT2D eigenvalue weighted by Crippen LogP contribution is -2.32. The van der Waals surface area contributed by atoms with Crippen molar-refractivity contribution in [2.45, 2.75) is 31.6 Å². The molecule has 2 N–H and O–H groups in total. The van der Waals surface area contributed by atoms with Crippen molar-refractivity contribution < 1.29 is 9.53 Å². The first-order valence-corrected chi connectivity index (χ1v) is 10.8. The molecule has 1 aliphatic carbocycles. The van der Waals surface area contributed by atoms with Gasteiger partial charge in [0.15, 0.2) is 0 Å². The lowest BCUT2D eigenvalue weighted by atomic mass is 10.00. The highest BCUT2D eigenvalue weighted by Crippen LogP contribution is 2.42. The van der Waals surface area contributed by atoms with E-state index >= 15 is 0 Å². The third-order valence-corrected chi connectivity index (χ3v) is 6.17. The van der Waals surface area contributed by atoms with Crippen molar-refractivity contribution >= 4 is 44.9 Å². The molecular weight excluding hydrogens is 442 g/mol. The van der Waals surface area contributed by atoms with Crippen molar-refractivity contribution in [1.29, 1.82) is 0 Å². The van der Waals surface area contributed by atoms with Gasteiger partial charge in [-0.05, 0) is 83.3 Å². The molecule has 2 heterocycles. The molecule has 1 aromatic heterocycles. The van der Waals surface area contributed by atoms with Crippen molar-refractivity contribution in [2.75, 3.05) is 25.1 Å². The van der Waals surface area contributed by atoms with Gasteiger partial charge in [-0.3, -0.25) is 4.79 Å². The van der Waals surface area contributed by atoms with Crippen molar-refractivity contribution in [3.63, 3.8) is 0 Å². The van der Waals surface area contributed by atoms with Crippen LogP contribution in [-0.4, -0.2) is 30.6 Å². The second kappa shape index (κ2) is 8.80. The molecule has 4 rings (SSSR count). The van der Waals surface area contributed by atoms with Gasteiger partial charge >= 0.3 is 0 Å². The van der Waals surface area contributed by atoms with Crippen LogP contribution in [-0.2, 0) is 4.74 Å². The summed E-state index contributed by atoms with van der Waals surface area (Å²) >= 11 is 9.52. The first-order valence-electron chi connectivity index (χ1n) is 9.68. The van der Waals surface area contributed by atoms with Crippen LogP contribution in [0.4, 0.5) is 11.5 Å². The lowest BCUT2D eigenvalue weighted by Gasteiger charge is -2.22. The zero-order chi connectivity index (χ0) is 19.5. The minimum atomic E-state index is -0.0277. The number of hydrogen-bond acceptors (Lipinski definition) is 4. The van der Waals surface area contributed by atoms with Gasteiger partial charge in [0.1, 0.15) is 5.82 Å². The Bertz CT molecular complexity index is 867. The standard InChI is InChI=1S/C21H23BrClN3O2/c22-18-9-15(23)3-4-19(18)26-20-10-16(14-1-2-14)17(12-24-20)21(27)25-11-13-5-7-28-8-6-13/h3-4,9-10,12-14H,1-2,5-8,11H2,(H,24,26)(H,25,27). The molecule has 1 saturated heterocycles. The van der Waals surface area contributed by atoms with Crippen LogP contribution in [0.25, 0.3) is 0 Å². The normalized spacial score (nSPS) is 17.4. The van der Waals surface area contributed by atoms with Crippen LogP contribution in [0.2, 0.25) is 5.02 Å². The second-order valence-electron chi connectivity index (χ2n) is 7.45. The van der Waals surface area contributed by atoms with Crippen LogP contribution in [0.15, 0.2) is 34.9 Å². The highest BCUT2D eigenvalue weighted by atomic mass is 79.9. The number of anilines is 2. The van der Waals surface area contributed by atoms with E-state index in [1.165, 1.54) is 0 Å². The highest BCUT2D eigenvalue weighted by Gasteiger charge is 2.29. The molecule has 2 fully saturated rings. The predicted molar refractivity (Wildman–Crippen MR) is 115 cm³/mol. The maximum absolute atomic E-state index is 12.8. The van der Waals surface area contributed by atoms with E-state index in [2.05, 4.69) is 31.5 Å². The molecule has 0 bridgehead atoms. The summed E-state index contributed by atoms with van der Waals surface area (Å²) in [5.74, 6) is 1.64. The quantitative estimate of drug-likeness (QED) is 0.611. The summed E-state index contributed by atoms with van der Waals surface area (Å²) in [6, 6.07) is 7.57. The van der Waals surface area contributed by atoms with Gasteiger partial charge in [0.25, 0.3) is 5.91 Å². The third kappa shape index (κ3) is 4.85. The fourth-order valence-corrected chi connectivity index (χ4v) is 4.25. The van der Waals surface area contributed by atoms with Gasteiger partial charge in [0.05, 0.1) is 11.3 Å². The van der Waals surface area contributed by atoms with Gasteiger partial charge in [-0.15, -0.1) is 0 Å². The van der Waals surface area contributed by atoms with E-state index in [0.717, 1.165) is 60.4 Å². The summed E-state index contributed by atoms with van der Waals surface area (Å²) in [7, 11) is 0. The molecule has 7 heteroatoms. The van der Waals surface area contributed by atoms with E-state index in [1.807, 2.05) is 24.3 Å². The Kier molecular flexibility index (Phi) is 6.19. The number of aromatic nitrogens is 1. The molecule has 1 aromatic carbocycles. The average Bonchev–Trinajstić information content (AvgIpc) is 3.54. The SMILES string of the molecule is O=C(NCC1CCOCC1)c1cnc(Nc2ccc(Cl)cc2Br)cc1C1CC1. The van der Waals surface area contributed by atoms with Gasteiger partial charge in [-0.1, -0.05) is 11.6 Å². The van der Waals surface area contributed by atoms with E-state index in [-0.39, 0.29) is 5.91 Å². The summed E-state index contributed by atoms with van der Waals surface area (Å²) in [6.07, 6.45) is 5.95. The Balaban J connectivity index is 1.48. The predicted octanol–water partition coefficient (Wildman–Crippen LogP) is 5.27. The molecule has 2 aromatic rings. The number of halogens is 2. The van der Waals surface area contributed by atoms with Crippen molar-refractivity contribution in [3.05, 3.63) is 51.1 Å². The third-order valence-electron chi connectivity index (χ3n) is 5.28. The van der Waals surface area contributed by atoms with E-state index in [1.54, 1.807) is 6.20 Å². The molecule has 0 atom stereocenters. The van der Waals surface area contributed by atoms with Crippen molar-refractivity contribution in [3.8, 4) is 0 Å². The minimum Gasteiger partial charge on any atom is -0.381 e. The van der Waals surface area contributed by atoms with Crippen LogP contribution < -0.4 is 10.6 Å². The number of rotatable bonds is 6. The summed E-state index contributed by atoms with van der Waals surface area (Å²) < 4.78 is 6.26. The summed E-state index contributed by atoms with van der Waals surface area (Å²) in [4.78, 5) is 17.3. The number of pyridine rings is 1. The van der Waals surface area contributed by atoms with Crippen LogP contribution in [0.5, 0.6) is 0 Å². The molecule has 5 nitrogen and oxygen atoms in total. The molecule has 1 aliphatic heterocycles. The Morgan fingerprint density at radius 2 is 2.00 bits per heavy atom. The second-order valence-corrected chi connectivity index (χ2v) is 8.74. The zero-order valence-corrected chi connectivity index (χ0v) is 17.9. The van der Waals surface area contributed by atoms with Crippen molar-refractivity contribution in [2.24, 2.45) is 5.92 Å². The van der Waals surface area contributed by atoms with Gasteiger partial charge in [0, 0.05) is 35.5 Å². The Hall–Kier alpha value is -1.63. The number of hydrogen-bond donors (Lipinski definition) is 2. The molecule has 0 unspecified atom stereocenters. The smallest absolute Gasteiger partial charge is 0.253 e. The highest BCUT2D eigenvalue weighted by molar-refractivity contribution is 9.10. The molecule has 0 spiro atoms. The van der Waals surface area contributed by atoms with Crippen LogP contribution in [0.1, 0.15) is 47.5 Å². The fraction of sp³-hybridized carbons (Fsp3) is 0.429. The van der Waals surface area contributed by atoms with Gasteiger partial charge in [-0.2, -0.15) is 0 Å². The number of amides is 1. The Labute approximate surface area is 178 Å². The molecule has 2 aliphatic rings. The van der Waals surface area contributed by atoms with E-state index < -0.39 is 0 Å².